The molecule has 0 spiro atoms. The van der Waals surface area contributed by atoms with Crippen LogP contribution in [0.4, 0.5) is 10.2 Å². The van der Waals surface area contributed by atoms with Gasteiger partial charge in [0.2, 0.25) is 0 Å². The van der Waals surface area contributed by atoms with E-state index in [0.29, 0.717) is 11.0 Å². The van der Waals surface area contributed by atoms with Gasteiger partial charge in [-0.1, -0.05) is 0 Å². The lowest BCUT2D eigenvalue weighted by molar-refractivity contribution is 0.623. The van der Waals surface area contributed by atoms with Gasteiger partial charge in [-0.3, -0.25) is 0 Å². The Morgan fingerprint density at radius 2 is 2.25 bits per heavy atom. The lowest BCUT2D eigenvalue weighted by atomic mass is 10.4. The van der Waals surface area contributed by atoms with Crippen LogP contribution in [0.5, 0.6) is 0 Å². The number of aromatic nitrogens is 2. The minimum absolute atomic E-state index is 0.259. The maximum atomic E-state index is 13.4. The van der Waals surface area contributed by atoms with Crippen molar-refractivity contribution in [3.8, 4) is 0 Å². The fourth-order valence-corrected chi connectivity index (χ4v) is 2.24. The topological polar surface area (TPSA) is 37.8 Å². The van der Waals surface area contributed by atoms with Gasteiger partial charge in [0.1, 0.15) is 0 Å². The van der Waals surface area contributed by atoms with Gasteiger partial charge in [0.05, 0.1) is 11.6 Å². The van der Waals surface area contributed by atoms with E-state index in [1.54, 1.807) is 23.7 Å². The van der Waals surface area contributed by atoms with E-state index in [1.807, 2.05) is 6.92 Å². The number of nitrogens with one attached hydrogen (secondary N) is 1. The zero-order valence-electron chi connectivity index (χ0n) is 8.50. The molecule has 2 aromatic heterocycles. The number of anilines is 1. The molecule has 0 saturated heterocycles. The molecular weight excluding hydrogens is 293 g/mol. The SMILES string of the molecule is Cc1ncc(CNc2ncc(Br)cc2F)s1. The number of pyridine rings is 1. The number of hydrogen-bond donors (Lipinski definition) is 1. The van der Waals surface area contributed by atoms with Crippen molar-refractivity contribution >= 4 is 33.1 Å². The number of nitrogens with zero attached hydrogens (tertiary/aromatic N) is 2. The average Bonchev–Trinajstić information content (AvgIpc) is 2.63. The van der Waals surface area contributed by atoms with Crippen LogP contribution >= 0.6 is 27.3 Å². The molecule has 3 nitrogen and oxygen atoms in total. The van der Waals surface area contributed by atoms with Crippen LogP contribution in [0.25, 0.3) is 0 Å². The summed E-state index contributed by atoms with van der Waals surface area (Å²) in [5, 5.41) is 3.93. The normalized spacial score (nSPS) is 10.4. The molecule has 6 heteroatoms. The molecule has 0 amide bonds. The van der Waals surface area contributed by atoms with Crippen LogP contribution in [0.2, 0.25) is 0 Å². The van der Waals surface area contributed by atoms with Gasteiger partial charge in [-0.25, -0.2) is 14.4 Å². The largest absolute Gasteiger partial charge is 0.363 e. The molecule has 1 N–H and O–H groups in total. The van der Waals surface area contributed by atoms with Gasteiger partial charge in [0, 0.05) is 21.7 Å². The monoisotopic (exact) mass is 301 g/mol. The smallest absolute Gasteiger partial charge is 0.166 e. The maximum absolute atomic E-state index is 13.4. The Morgan fingerprint density at radius 1 is 1.44 bits per heavy atom. The van der Waals surface area contributed by atoms with Crippen molar-refractivity contribution in [2.75, 3.05) is 5.32 Å². The van der Waals surface area contributed by atoms with E-state index in [0.717, 1.165) is 9.88 Å². The van der Waals surface area contributed by atoms with Crippen molar-refractivity contribution in [3.05, 3.63) is 38.6 Å². The number of hydrogen-bond acceptors (Lipinski definition) is 4. The highest BCUT2D eigenvalue weighted by molar-refractivity contribution is 9.10. The predicted octanol–water partition coefficient (Wildman–Crippen LogP) is 3.36. The van der Waals surface area contributed by atoms with E-state index >= 15 is 0 Å². The molecule has 2 aromatic rings. The molecule has 0 aliphatic carbocycles. The van der Waals surface area contributed by atoms with Gasteiger partial charge in [-0.15, -0.1) is 11.3 Å². The molecule has 0 unspecified atom stereocenters. The third-order valence-corrected chi connectivity index (χ3v) is 3.25. The van der Waals surface area contributed by atoms with Crippen LogP contribution < -0.4 is 5.32 Å². The van der Waals surface area contributed by atoms with Crippen LogP contribution in [-0.4, -0.2) is 9.97 Å². The molecule has 16 heavy (non-hydrogen) atoms. The van der Waals surface area contributed by atoms with E-state index in [9.17, 15) is 4.39 Å². The van der Waals surface area contributed by atoms with Gasteiger partial charge >= 0.3 is 0 Å². The summed E-state index contributed by atoms with van der Waals surface area (Å²) in [6.07, 6.45) is 3.34. The minimum Gasteiger partial charge on any atom is -0.363 e. The Hall–Kier alpha value is -1.01. The average molecular weight is 302 g/mol. The fraction of sp³-hybridized carbons (Fsp3) is 0.200. The van der Waals surface area contributed by atoms with E-state index < -0.39 is 0 Å². The summed E-state index contributed by atoms with van der Waals surface area (Å²) >= 11 is 4.74. The van der Waals surface area contributed by atoms with Gasteiger partial charge in [-0.2, -0.15) is 0 Å². The van der Waals surface area contributed by atoms with Crippen molar-refractivity contribution < 1.29 is 4.39 Å². The molecule has 0 radical (unpaired) electrons. The standard InChI is InChI=1S/C10H9BrFN3S/c1-6-13-4-8(16-6)5-15-10-9(12)2-7(11)3-14-10/h2-4H,5H2,1H3,(H,14,15). The van der Waals surface area contributed by atoms with E-state index in [1.165, 1.54) is 6.07 Å². The zero-order chi connectivity index (χ0) is 11.5. The summed E-state index contributed by atoms with van der Waals surface area (Å²) in [5.74, 6) is -0.107. The van der Waals surface area contributed by atoms with Gasteiger partial charge in [0.25, 0.3) is 0 Å². The zero-order valence-corrected chi connectivity index (χ0v) is 10.9. The highest BCUT2D eigenvalue weighted by Crippen LogP contribution is 2.18. The first-order valence-electron chi connectivity index (χ1n) is 4.61. The second-order valence-corrected chi connectivity index (χ2v) is 5.42. The lowest BCUT2D eigenvalue weighted by Gasteiger charge is -2.04. The Bertz CT molecular complexity index is 501. The number of halogens is 2. The molecule has 0 bridgehead atoms. The predicted molar refractivity (Wildman–Crippen MR) is 66.1 cm³/mol. The third kappa shape index (κ3) is 2.76. The molecule has 0 fully saturated rings. The maximum Gasteiger partial charge on any atom is 0.166 e. The third-order valence-electron chi connectivity index (χ3n) is 1.91. The first-order valence-corrected chi connectivity index (χ1v) is 6.22. The molecule has 0 atom stereocenters. The summed E-state index contributed by atoms with van der Waals surface area (Å²) in [6, 6.07) is 1.38. The second kappa shape index (κ2) is 4.88. The lowest BCUT2D eigenvalue weighted by Crippen LogP contribution is -2.02. The summed E-state index contributed by atoms with van der Waals surface area (Å²) in [4.78, 5) is 9.13. The van der Waals surface area contributed by atoms with Gasteiger partial charge < -0.3 is 5.32 Å². The molecule has 2 rings (SSSR count). The number of thiazole rings is 1. The Balaban J connectivity index is 2.04. The summed E-state index contributed by atoms with van der Waals surface area (Å²) in [6.45, 7) is 2.48. The van der Waals surface area contributed by atoms with Crippen molar-refractivity contribution in [1.29, 1.82) is 0 Å². The molecule has 0 aromatic carbocycles. The number of aryl methyl sites for hydroxylation is 1. The van der Waals surface area contributed by atoms with Crippen molar-refractivity contribution in [3.63, 3.8) is 0 Å². The van der Waals surface area contributed by atoms with Crippen molar-refractivity contribution in [2.45, 2.75) is 13.5 Å². The van der Waals surface area contributed by atoms with Gasteiger partial charge in [-0.05, 0) is 28.9 Å². The molecule has 0 aliphatic rings. The molecule has 84 valence electrons. The second-order valence-electron chi connectivity index (χ2n) is 3.18. The van der Waals surface area contributed by atoms with Crippen molar-refractivity contribution in [2.24, 2.45) is 0 Å². The number of rotatable bonds is 3. The van der Waals surface area contributed by atoms with Crippen LogP contribution in [0, 0.1) is 12.7 Å². The highest BCUT2D eigenvalue weighted by Gasteiger charge is 2.04. The quantitative estimate of drug-likeness (QED) is 0.944. The fourth-order valence-electron chi connectivity index (χ4n) is 1.20. The van der Waals surface area contributed by atoms with Crippen molar-refractivity contribution in [1.82, 2.24) is 9.97 Å². The summed E-state index contributed by atoms with van der Waals surface area (Å²) < 4.78 is 14.0. The minimum atomic E-state index is -0.365. The summed E-state index contributed by atoms with van der Waals surface area (Å²) in [5.41, 5.74) is 0. The summed E-state index contributed by atoms with van der Waals surface area (Å²) in [7, 11) is 0. The van der Waals surface area contributed by atoms with E-state index in [2.05, 4.69) is 31.2 Å². The molecule has 0 aliphatic heterocycles. The van der Waals surface area contributed by atoms with E-state index in [-0.39, 0.29) is 11.6 Å². The van der Waals surface area contributed by atoms with Crippen LogP contribution in [0.15, 0.2) is 22.9 Å². The molecule has 0 saturated carbocycles. The van der Waals surface area contributed by atoms with Crippen LogP contribution in [-0.2, 0) is 6.54 Å². The molecular formula is C10H9BrFN3S. The first kappa shape index (κ1) is 11.5. The van der Waals surface area contributed by atoms with E-state index in [4.69, 9.17) is 0 Å². The Labute approximate surface area is 105 Å². The molecule has 2 heterocycles. The first-order chi connectivity index (χ1) is 7.65. The van der Waals surface area contributed by atoms with Crippen LogP contribution in [0.1, 0.15) is 9.88 Å². The Kier molecular flexibility index (Phi) is 3.50. The highest BCUT2D eigenvalue weighted by atomic mass is 79.9. The van der Waals surface area contributed by atoms with Gasteiger partial charge in [0.15, 0.2) is 11.6 Å². The Morgan fingerprint density at radius 3 is 2.88 bits per heavy atom. The van der Waals surface area contributed by atoms with Crippen LogP contribution in [0.3, 0.4) is 0 Å².